The van der Waals surface area contributed by atoms with Crippen molar-refractivity contribution in [3.05, 3.63) is 60.4 Å². The quantitative estimate of drug-likeness (QED) is 0.746. The standard InChI is InChI=1S/C18H19NO/c1-13(2)19-12-16-11-15-9-6-10-17(18(15)20-16)14-7-4-3-5-8-14/h3-11,13,19H,12H2,1-2H3. The zero-order valence-electron chi connectivity index (χ0n) is 11.9. The van der Waals surface area contributed by atoms with E-state index in [-0.39, 0.29) is 0 Å². The number of nitrogens with one attached hydrogen (secondary N) is 1. The summed E-state index contributed by atoms with van der Waals surface area (Å²) in [4.78, 5) is 0. The van der Waals surface area contributed by atoms with Crippen LogP contribution in [0.1, 0.15) is 19.6 Å². The summed E-state index contributed by atoms with van der Waals surface area (Å²) >= 11 is 0. The van der Waals surface area contributed by atoms with Gasteiger partial charge in [0, 0.05) is 17.0 Å². The Kier molecular flexibility index (Phi) is 3.57. The van der Waals surface area contributed by atoms with E-state index in [1.165, 1.54) is 5.56 Å². The number of fused-ring (bicyclic) bond motifs is 1. The number of hydrogen-bond acceptors (Lipinski definition) is 2. The largest absolute Gasteiger partial charge is 0.459 e. The summed E-state index contributed by atoms with van der Waals surface area (Å²) in [7, 11) is 0. The molecule has 3 rings (SSSR count). The molecule has 0 fully saturated rings. The fraction of sp³-hybridized carbons (Fsp3) is 0.222. The Morgan fingerprint density at radius 2 is 1.80 bits per heavy atom. The van der Waals surface area contributed by atoms with E-state index >= 15 is 0 Å². The van der Waals surface area contributed by atoms with Crippen LogP contribution in [0.5, 0.6) is 0 Å². The first-order valence-corrected chi connectivity index (χ1v) is 7.04. The Bertz CT molecular complexity index is 698. The zero-order chi connectivity index (χ0) is 13.9. The molecule has 0 amide bonds. The molecule has 2 heteroatoms. The Morgan fingerprint density at radius 1 is 1.00 bits per heavy atom. The molecule has 3 aromatic rings. The van der Waals surface area contributed by atoms with Gasteiger partial charge >= 0.3 is 0 Å². The molecule has 0 spiro atoms. The third-order valence-electron chi connectivity index (χ3n) is 3.36. The molecule has 2 aromatic carbocycles. The smallest absolute Gasteiger partial charge is 0.142 e. The van der Waals surface area contributed by atoms with Gasteiger partial charge < -0.3 is 9.73 Å². The maximum atomic E-state index is 6.04. The minimum Gasteiger partial charge on any atom is -0.459 e. The van der Waals surface area contributed by atoms with E-state index in [4.69, 9.17) is 4.42 Å². The molecule has 0 atom stereocenters. The molecule has 0 saturated heterocycles. The molecule has 0 unspecified atom stereocenters. The van der Waals surface area contributed by atoms with E-state index in [1.807, 2.05) is 6.07 Å². The average Bonchev–Trinajstić information content (AvgIpc) is 2.89. The summed E-state index contributed by atoms with van der Waals surface area (Å²) in [5.41, 5.74) is 3.31. The Labute approximate surface area is 119 Å². The second-order valence-electron chi connectivity index (χ2n) is 5.34. The number of hydrogen-bond donors (Lipinski definition) is 1. The van der Waals surface area contributed by atoms with Crippen molar-refractivity contribution in [2.45, 2.75) is 26.4 Å². The van der Waals surface area contributed by atoms with Crippen LogP contribution in [0.3, 0.4) is 0 Å². The van der Waals surface area contributed by atoms with Crippen LogP contribution >= 0.6 is 0 Å². The number of furan rings is 1. The van der Waals surface area contributed by atoms with Crippen LogP contribution in [0.15, 0.2) is 59.0 Å². The van der Waals surface area contributed by atoms with Gasteiger partial charge in [0.15, 0.2) is 0 Å². The van der Waals surface area contributed by atoms with Crippen LogP contribution in [-0.2, 0) is 6.54 Å². The highest BCUT2D eigenvalue weighted by atomic mass is 16.3. The van der Waals surface area contributed by atoms with Crippen molar-refractivity contribution < 1.29 is 4.42 Å². The van der Waals surface area contributed by atoms with Gasteiger partial charge in [-0.05, 0) is 11.6 Å². The lowest BCUT2D eigenvalue weighted by Crippen LogP contribution is -2.21. The zero-order valence-corrected chi connectivity index (χ0v) is 11.9. The first kappa shape index (κ1) is 12.9. The molecule has 20 heavy (non-hydrogen) atoms. The van der Waals surface area contributed by atoms with Crippen molar-refractivity contribution in [1.82, 2.24) is 5.32 Å². The molecule has 0 aliphatic carbocycles. The van der Waals surface area contributed by atoms with E-state index in [1.54, 1.807) is 0 Å². The Morgan fingerprint density at radius 3 is 2.55 bits per heavy atom. The van der Waals surface area contributed by atoms with Crippen LogP contribution in [-0.4, -0.2) is 6.04 Å². The van der Waals surface area contributed by atoms with Gasteiger partial charge in [0.1, 0.15) is 11.3 Å². The second-order valence-corrected chi connectivity index (χ2v) is 5.34. The van der Waals surface area contributed by atoms with Crippen LogP contribution in [0, 0.1) is 0 Å². The molecule has 0 saturated carbocycles. The van der Waals surface area contributed by atoms with Crippen LogP contribution in [0.4, 0.5) is 0 Å². The van der Waals surface area contributed by atoms with Crippen molar-refractivity contribution >= 4 is 11.0 Å². The highest BCUT2D eigenvalue weighted by Gasteiger charge is 2.09. The van der Waals surface area contributed by atoms with Gasteiger partial charge in [-0.3, -0.25) is 0 Å². The lowest BCUT2D eigenvalue weighted by Gasteiger charge is -2.05. The highest BCUT2D eigenvalue weighted by molar-refractivity contribution is 5.92. The predicted octanol–water partition coefficient (Wildman–Crippen LogP) is 4.60. The lowest BCUT2D eigenvalue weighted by atomic mass is 10.0. The molecule has 2 nitrogen and oxygen atoms in total. The Balaban J connectivity index is 2.02. The second kappa shape index (κ2) is 5.51. The first-order chi connectivity index (χ1) is 9.74. The maximum Gasteiger partial charge on any atom is 0.142 e. The summed E-state index contributed by atoms with van der Waals surface area (Å²) in [6.07, 6.45) is 0. The minimum absolute atomic E-state index is 0.455. The SMILES string of the molecule is CC(C)NCc1cc2cccc(-c3ccccc3)c2o1. The molecule has 0 bridgehead atoms. The molecular weight excluding hydrogens is 246 g/mol. The van der Waals surface area contributed by atoms with Crippen molar-refractivity contribution in [2.75, 3.05) is 0 Å². The fourth-order valence-corrected chi connectivity index (χ4v) is 2.35. The highest BCUT2D eigenvalue weighted by Crippen LogP contribution is 2.30. The molecule has 0 aliphatic rings. The molecule has 1 N–H and O–H groups in total. The molecule has 1 heterocycles. The van der Waals surface area contributed by atoms with E-state index in [0.717, 1.165) is 28.8 Å². The summed E-state index contributed by atoms with van der Waals surface area (Å²) in [6, 6.07) is 19.2. The first-order valence-electron chi connectivity index (χ1n) is 7.04. The van der Waals surface area contributed by atoms with Crippen molar-refractivity contribution in [3.63, 3.8) is 0 Å². The van der Waals surface area contributed by atoms with Crippen LogP contribution < -0.4 is 5.32 Å². The summed E-state index contributed by atoms with van der Waals surface area (Å²) in [5, 5.41) is 4.55. The van der Waals surface area contributed by atoms with Gasteiger partial charge in [0.25, 0.3) is 0 Å². The minimum atomic E-state index is 0.455. The maximum absolute atomic E-state index is 6.04. The molecule has 0 radical (unpaired) electrons. The molecule has 0 aliphatic heterocycles. The summed E-state index contributed by atoms with van der Waals surface area (Å²) in [6.45, 7) is 5.04. The number of rotatable bonds is 4. The van der Waals surface area contributed by atoms with Gasteiger partial charge in [0.2, 0.25) is 0 Å². The Hall–Kier alpha value is -2.06. The third-order valence-corrected chi connectivity index (χ3v) is 3.36. The normalized spacial score (nSPS) is 11.3. The number of benzene rings is 2. The van der Waals surface area contributed by atoms with Crippen LogP contribution in [0.2, 0.25) is 0 Å². The van der Waals surface area contributed by atoms with Gasteiger partial charge in [-0.2, -0.15) is 0 Å². The van der Waals surface area contributed by atoms with Crippen molar-refractivity contribution in [1.29, 1.82) is 0 Å². The third kappa shape index (κ3) is 2.61. The van der Waals surface area contributed by atoms with Crippen molar-refractivity contribution in [2.24, 2.45) is 0 Å². The van der Waals surface area contributed by atoms with Gasteiger partial charge in [-0.1, -0.05) is 62.4 Å². The average molecular weight is 265 g/mol. The molecule has 1 aromatic heterocycles. The summed E-state index contributed by atoms with van der Waals surface area (Å²) in [5.74, 6) is 0.983. The van der Waals surface area contributed by atoms with E-state index in [0.29, 0.717) is 6.04 Å². The van der Waals surface area contributed by atoms with Gasteiger partial charge in [-0.25, -0.2) is 0 Å². The molecular formula is C18H19NO. The topological polar surface area (TPSA) is 25.2 Å². The van der Waals surface area contributed by atoms with E-state index in [2.05, 4.69) is 67.7 Å². The van der Waals surface area contributed by atoms with E-state index in [9.17, 15) is 0 Å². The van der Waals surface area contributed by atoms with Gasteiger partial charge in [-0.15, -0.1) is 0 Å². The lowest BCUT2D eigenvalue weighted by molar-refractivity contribution is 0.489. The van der Waals surface area contributed by atoms with Gasteiger partial charge in [0.05, 0.1) is 6.54 Å². The monoisotopic (exact) mass is 265 g/mol. The molecule has 102 valence electrons. The number of para-hydroxylation sites is 1. The van der Waals surface area contributed by atoms with Crippen molar-refractivity contribution in [3.8, 4) is 11.1 Å². The van der Waals surface area contributed by atoms with E-state index < -0.39 is 0 Å². The summed E-state index contributed by atoms with van der Waals surface area (Å²) < 4.78 is 6.04. The predicted molar refractivity (Wildman–Crippen MR) is 83.6 cm³/mol. The fourth-order valence-electron chi connectivity index (χ4n) is 2.35. The van der Waals surface area contributed by atoms with Crippen LogP contribution in [0.25, 0.3) is 22.1 Å².